The van der Waals surface area contributed by atoms with E-state index < -0.39 is 0 Å². The fourth-order valence-corrected chi connectivity index (χ4v) is 3.12. The van der Waals surface area contributed by atoms with Crippen molar-refractivity contribution in [3.63, 3.8) is 0 Å². The molecule has 1 saturated carbocycles. The van der Waals surface area contributed by atoms with Crippen LogP contribution in [-0.4, -0.2) is 13.2 Å². The minimum atomic E-state index is 0.00189. The third-order valence-corrected chi connectivity index (χ3v) is 4.60. The molecule has 1 aliphatic rings. The normalized spacial score (nSPS) is 16.1. The van der Waals surface area contributed by atoms with Crippen molar-refractivity contribution in [2.75, 3.05) is 7.11 Å². The van der Waals surface area contributed by atoms with E-state index in [-0.39, 0.29) is 6.10 Å². The van der Waals surface area contributed by atoms with Gasteiger partial charge in [-0.2, -0.15) is 0 Å². The van der Waals surface area contributed by atoms with Crippen LogP contribution in [0.5, 0.6) is 11.5 Å². The summed E-state index contributed by atoms with van der Waals surface area (Å²) in [6.07, 6.45) is 5.09. The summed E-state index contributed by atoms with van der Waals surface area (Å²) in [6.45, 7) is 2.68. The molecule has 0 radical (unpaired) electrons. The van der Waals surface area contributed by atoms with E-state index >= 15 is 0 Å². The molecule has 0 N–H and O–H groups in total. The second-order valence-corrected chi connectivity index (χ2v) is 6.37. The van der Waals surface area contributed by atoms with Gasteiger partial charge in [0.05, 0.1) is 25.9 Å². The topological polar surface area (TPSA) is 27.7 Å². The molecule has 0 amide bonds. The molecule has 1 fully saturated rings. The number of rotatable bonds is 7. The Morgan fingerprint density at radius 1 is 1.00 bits per heavy atom. The summed E-state index contributed by atoms with van der Waals surface area (Å²) in [5.74, 6) is 1.62. The van der Waals surface area contributed by atoms with Crippen molar-refractivity contribution in [1.29, 1.82) is 0 Å². The first-order chi connectivity index (χ1) is 11.8. The number of hydrogen-bond donors (Lipinski definition) is 0. The van der Waals surface area contributed by atoms with E-state index in [2.05, 4.69) is 31.2 Å². The number of hydrogen-bond acceptors (Lipinski definition) is 3. The van der Waals surface area contributed by atoms with Crippen molar-refractivity contribution < 1.29 is 14.2 Å². The third kappa shape index (κ3) is 4.30. The Morgan fingerprint density at radius 2 is 1.75 bits per heavy atom. The van der Waals surface area contributed by atoms with Crippen LogP contribution in [0.2, 0.25) is 0 Å². The Bertz CT molecular complexity index is 633. The lowest BCUT2D eigenvalue weighted by molar-refractivity contribution is 0.0522. The third-order valence-electron chi connectivity index (χ3n) is 4.60. The summed E-state index contributed by atoms with van der Waals surface area (Å²) < 4.78 is 17.6. The van der Waals surface area contributed by atoms with Crippen LogP contribution in [0.1, 0.15) is 49.8 Å². The molecule has 128 valence electrons. The van der Waals surface area contributed by atoms with Gasteiger partial charge in [0, 0.05) is 0 Å². The van der Waals surface area contributed by atoms with Crippen LogP contribution in [-0.2, 0) is 11.3 Å². The molecular weight excluding hydrogens is 300 g/mol. The van der Waals surface area contributed by atoms with Crippen molar-refractivity contribution in [3.8, 4) is 11.5 Å². The molecule has 24 heavy (non-hydrogen) atoms. The SMILES string of the molecule is COc1ccc(C(C)OCc2ccccc2)cc1OC1CCCC1. The average molecular weight is 326 g/mol. The Labute approximate surface area is 144 Å². The first-order valence-electron chi connectivity index (χ1n) is 8.76. The molecule has 1 atom stereocenters. The summed E-state index contributed by atoms with van der Waals surface area (Å²) in [4.78, 5) is 0. The van der Waals surface area contributed by atoms with Crippen LogP contribution in [0.15, 0.2) is 48.5 Å². The Kier molecular flexibility index (Phi) is 5.76. The van der Waals surface area contributed by atoms with Gasteiger partial charge in [0.2, 0.25) is 0 Å². The highest BCUT2D eigenvalue weighted by atomic mass is 16.5. The van der Waals surface area contributed by atoms with Crippen molar-refractivity contribution >= 4 is 0 Å². The maximum absolute atomic E-state index is 6.17. The van der Waals surface area contributed by atoms with Crippen molar-refractivity contribution in [2.24, 2.45) is 0 Å². The molecule has 2 aromatic carbocycles. The molecule has 1 aliphatic carbocycles. The minimum absolute atomic E-state index is 0.00189. The lowest BCUT2D eigenvalue weighted by Gasteiger charge is -2.19. The molecule has 0 saturated heterocycles. The molecule has 2 aromatic rings. The van der Waals surface area contributed by atoms with E-state index in [4.69, 9.17) is 14.2 Å². The fourth-order valence-electron chi connectivity index (χ4n) is 3.12. The molecule has 0 heterocycles. The molecule has 0 spiro atoms. The maximum Gasteiger partial charge on any atom is 0.161 e. The van der Waals surface area contributed by atoms with Crippen LogP contribution < -0.4 is 9.47 Å². The van der Waals surface area contributed by atoms with E-state index in [0.717, 1.165) is 29.9 Å². The fraction of sp³-hybridized carbons (Fsp3) is 0.429. The summed E-state index contributed by atoms with van der Waals surface area (Å²) >= 11 is 0. The van der Waals surface area contributed by atoms with Crippen molar-refractivity contribution in [2.45, 2.75) is 51.4 Å². The number of methoxy groups -OCH3 is 1. The predicted molar refractivity (Wildman–Crippen MR) is 95.5 cm³/mol. The van der Waals surface area contributed by atoms with Crippen LogP contribution >= 0.6 is 0 Å². The van der Waals surface area contributed by atoms with Crippen molar-refractivity contribution in [3.05, 3.63) is 59.7 Å². The van der Waals surface area contributed by atoms with Gasteiger partial charge in [0.1, 0.15) is 0 Å². The van der Waals surface area contributed by atoms with Gasteiger partial charge in [-0.3, -0.25) is 0 Å². The van der Waals surface area contributed by atoms with Crippen LogP contribution in [0.3, 0.4) is 0 Å². The van der Waals surface area contributed by atoms with Gasteiger partial charge in [-0.1, -0.05) is 36.4 Å². The van der Waals surface area contributed by atoms with Crippen LogP contribution in [0.25, 0.3) is 0 Å². The molecule has 0 aromatic heterocycles. The summed E-state index contributed by atoms with van der Waals surface area (Å²) in [5, 5.41) is 0. The molecular formula is C21H26O3. The lowest BCUT2D eigenvalue weighted by Crippen LogP contribution is -2.12. The Morgan fingerprint density at radius 3 is 2.46 bits per heavy atom. The standard InChI is InChI=1S/C21H26O3/c1-16(23-15-17-8-4-3-5-9-17)18-12-13-20(22-2)21(14-18)24-19-10-6-7-11-19/h3-5,8-9,12-14,16,19H,6-7,10-11,15H2,1-2H3. The average Bonchev–Trinajstić information content (AvgIpc) is 3.13. The minimum Gasteiger partial charge on any atom is -0.493 e. The maximum atomic E-state index is 6.17. The quantitative estimate of drug-likeness (QED) is 0.691. The van der Waals surface area contributed by atoms with Gasteiger partial charge in [0.25, 0.3) is 0 Å². The Balaban J connectivity index is 1.67. The van der Waals surface area contributed by atoms with E-state index in [1.54, 1.807) is 7.11 Å². The van der Waals surface area contributed by atoms with Gasteiger partial charge in [-0.05, 0) is 55.9 Å². The zero-order valence-electron chi connectivity index (χ0n) is 14.5. The highest BCUT2D eigenvalue weighted by Crippen LogP contribution is 2.34. The molecule has 3 nitrogen and oxygen atoms in total. The number of benzene rings is 2. The van der Waals surface area contributed by atoms with E-state index in [1.807, 2.05) is 24.3 Å². The van der Waals surface area contributed by atoms with Crippen LogP contribution in [0, 0.1) is 0 Å². The smallest absolute Gasteiger partial charge is 0.161 e. The van der Waals surface area contributed by atoms with E-state index in [9.17, 15) is 0 Å². The van der Waals surface area contributed by atoms with Gasteiger partial charge >= 0.3 is 0 Å². The van der Waals surface area contributed by atoms with E-state index in [1.165, 1.54) is 18.4 Å². The number of ether oxygens (including phenoxy) is 3. The molecule has 1 unspecified atom stereocenters. The molecule has 3 rings (SSSR count). The second-order valence-electron chi connectivity index (χ2n) is 6.37. The first kappa shape index (κ1) is 16.8. The van der Waals surface area contributed by atoms with Crippen LogP contribution in [0.4, 0.5) is 0 Å². The predicted octanol–water partition coefficient (Wildman–Crippen LogP) is 5.29. The largest absolute Gasteiger partial charge is 0.493 e. The van der Waals surface area contributed by atoms with Gasteiger partial charge < -0.3 is 14.2 Å². The monoisotopic (exact) mass is 326 g/mol. The highest BCUT2D eigenvalue weighted by molar-refractivity contribution is 5.43. The summed E-state index contributed by atoms with van der Waals surface area (Å²) in [7, 11) is 1.69. The van der Waals surface area contributed by atoms with Gasteiger partial charge in [0.15, 0.2) is 11.5 Å². The highest BCUT2D eigenvalue weighted by Gasteiger charge is 2.19. The van der Waals surface area contributed by atoms with Gasteiger partial charge in [-0.15, -0.1) is 0 Å². The van der Waals surface area contributed by atoms with Crippen molar-refractivity contribution in [1.82, 2.24) is 0 Å². The lowest BCUT2D eigenvalue weighted by atomic mass is 10.1. The summed E-state index contributed by atoms with van der Waals surface area (Å²) in [6, 6.07) is 16.3. The molecule has 0 bridgehead atoms. The first-order valence-corrected chi connectivity index (χ1v) is 8.76. The second kappa shape index (κ2) is 8.20. The Hall–Kier alpha value is -2.00. The van der Waals surface area contributed by atoms with Gasteiger partial charge in [-0.25, -0.2) is 0 Å². The zero-order chi connectivity index (χ0) is 16.8. The molecule has 0 aliphatic heterocycles. The molecule has 3 heteroatoms. The summed E-state index contributed by atoms with van der Waals surface area (Å²) in [5.41, 5.74) is 2.29. The van der Waals surface area contributed by atoms with E-state index in [0.29, 0.717) is 12.7 Å². The zero-order valence-corrected chi connectivity index (χ0v) is 14.5.